The summed E-state index contributed by atoms with van der Waals surface area (Å²) in [5, 5.41) is 10.7. The van der Waals surface area contributed by atoms with E-state index in [9.17, 15) is 4.79 Å². The number of hydrogen-bond donors (Lipinski definition) is 1. The van der Waals surface area contributed by atoms with Crippen LogP contribution in [-0.2, 0) is 4.74 Å². The molecule has 0 amide bonds. The lowest BCUT2D eigenvalue weighted by atomic mass is 9.88. The van der Waals surface area contributed by atoms with Crippen molar-refractivity contribution in [2.75, 3.05) is 6.61 Å². The molecule has 0 saturated heterocycles. The van der Waals surface area contributed by atoms with E-state index in [1.807, 2.05) is 13.8 Å². The zero-order chi connectivity index (χ0) is 15.7. The quantitative estimate of drug-likeness (QED) is 0.880. The first-order valence-electron chi connectivity index (χ1n) is 7.05. The molecule has 1 aromatic carbocycles. The molecule has 0 radical (unpaired) electrons. The fraction of sp³-hybridized carbons (Fsp3) is 0.438. The van der Waals surface area contributed by atoms with Gasteiger partial charge >= 0.3 is 5.97 Å². The third-order valence-corrected chi connectivity index (χ3v) is 4.25. The third kappa shape index (κ3) is 2.44. The highest BCUT2D eigenvalue weighted by Crippen LogP contribution is 2.34. The fourth-order valence-corrected chi connectivity index (χ4v) is 2.60. The average molecular weight is 287 g/mol. The van der Waals surface area contributed by atoms with Crippen LogP contribution in [0.4, 0.5) is 0 Å². The Balaban J connectivity index is 2.70. The molecule has 2 aromatic rings. The Kier molecular flexibility index (Phi) is 4.11. The van der Waals surface area contributed by atoms with Crippen LogP contribution in [0.3, 0.4) is 0 Å². The SMILES string of the molecule is CCOC(=O)c1n[nH]nc1-c1c(C)c(C)c(C)c(C)c1C. The van der Waals surface area contributed by atoms with E-state index in [4.69, 9.17) is 4.74 Å². The number of nitrogens with one attached hydrogen (secondary N) is 1. The molecule has 1 N–H and O–H groups in total. The Morgan fingerprint density at radius 3 is 2.00 bits per heavy atom. The van der Waals surface area contributed by atoms with Gasteiger partial charge in [0.15, 0.2) is 5.69 Å². The molecule has 2 rings (SSSR count). The molecule has 0 aliphatic heterocycles. The topological polar surface area (TPSA) is 67.9 Å². The first kappa shape index (κ1) is 15.2. The highest BCUT2D eigenvalue weighted by molar-refractivity contribution is 5.95. The largest absolute Gasteiger partial charge is 0.461 e. The monoisotopic (exact) mass is 287 g/mol. The van der Waals surface area contributed by atoms with Gasteiger partial charge in [-0.1, -0.05) is 0 Å². The molecule has 0 saturated carbocycles. The van der Waals surface area contributed by atoms with Crippen LogP contribution in [0.2, 0.25) is 0 Å². The summed E-state index contributed by atoms with van der Waals surface area (Å²) < 4.78 is 5.05. The van der Waals surface area contributed by atoms with E-state index in [0.29, 0.717) is 12.3 Å². The highest BCUT2D eigenvalue weighted by Gasteiger charge is 2.23. The maximum atomic E-state index is 12.0. The zero-order valence-electron chi connectivity index (χ0n) is 13.4. The molecule has 5 heteroatoms. The van der Waals surface area contributed by atoms with Crippen molar-refractivity contribution < 1.29 is 9.53 Å². The number of benzene rings is 1. The van der Waals surface area contributed by atoms with Gasteiger partial charge in [-0.2, -0.15) is 10.3 Å². The van der Waals surface area contributed by atoms with Gasteiger partial charge in [0.1, 0.15) is 5.69 Å². The number of carbonyl (C=O) groups excluding carboxylic acids is 1. The second kappa shape index (κ2) is 5.68. The van der Waals surface area contributed by atoms with Gasteiger partial charge in [-0.15, -0.1) is 5.10 Å². The molecule has 0 unspecified atom stereocenters. The summed E-state index contributed by atoms with van der Waals surface area (Å²) in [5.41, 5.74) is 7.71. The summed E-state index contributed by atoms with van der Waals surface area (Å²) in [4.78, 5) is 12.0. The number of carbonyl (C=O) groups is 1. The van der Waals surface area contributed by atoms with E-state index >= 15 is 0 Å². The summed E-state index contributed by atoms with van der Waals surface area (Å²) in [6.07, 6.45) is 0. The van der Waals surface area contributed by atoms with Crippen molar-refractivity contribution in [3.8, 4) is 11.3 Å². The Bertz CT molecular complexity index is 673. The van der Waals surface area contributed by atoms with Crippen LogP contribution in [0.1, 0.15) is 45.2 Å². The Labute approximate surface area is 124 Å². The minimum absolute atomic E-state index is 0.241. The van der Waals surface area contributed by atoms with E-state index in [0.717, 1.165) is 16.7 Å². The number of nitrogens with zero attached hydrogens (tertiary/aromatic N) is 2. The van der Waals surface area contributed by atoms with Gasteiger partial charge in [-0.3, -0.25) is 0 Å². The molecule has 112 valence electrons. The second-order valence-corrected chi connectivity index (χ2v) is 5.24. The molecule has 1 aromatic heterocycles. The summed E-state index contributed by atoms with van der Waals surface area (Å²) in [6.45, 7) is 12.5. The van der Waals surface area contributed by atoms with Crippen molar-refractivity contribution in [3.63, 3.8) is 0 Å². The Hall–Kier alpha value is -2.17. The first-order chi connectivity index (χ1) is 9.90. The number of hydrogen-bond acceptors (Lipinski definition) is 4. The third-order valence-electron chi connectivity index (χ3n) is 4.25. The number of esters is 1. The van der Waals surface area contributed by atoms with Gasteiger partial charge in [0.25, 0.3) is 0 Å². The van der Waals surface area contributed by atoms with Gasteiger partial charge < -0.3 is 4.74 Å². The number of aromatic nitrogens is 3. The number of aromatic amines is 1. The molecule has 21 heavy (non-hydrogen) atoms. The molecular formula is C16H21N3O2. The molecule has 0 bridgehead atoms. The van der Waals surface area contributed by atoms with Crippen LogP contribution >= 0.6 is 0 Å². The number of rotatable bonds is 3. The van der Waals surface area contributed by atoms with Crippen molar-refractivity contribution in [1.82, 2.24) is 15.4 Å². The molecule has 0 aliphatic rings. The summed E-state index contributed by atoms with van der Waals surface area (Å²) in [7, 11) is 0. The van der Waals surface area contributed by atoms with Crippen molar-refractivity contribution in [2.24, 2.45) is 0 Å². The van der Waals surface area contributed by atoms with Crippen LogP contribution in [0, 0.1) is 34.6 Å². The van der Waals surface area contributed by atoms with Crippen LogP contribution in [-0.4, -0.2) is 28.0 Å². The van der Waals surface area contributed by atoms with E-state index in [2.05, 4.69) is 36.2 Å². The standard InChI is InChI=1S/C16H21N3O2/c1-7-21-16(20)15-14(17-19-18-15)13-11(5)9(3)8(2)10(4)12(13)6/h7H2,1-6H3,(H,17,18,19). The molecule has 5 nitrogen and oxygen atoms in total. The normalized spacial score (nSPS) is 10.8. The van der Waals surface area contributed by atoms with Gasteiger partial charge in [0, 0.05) is 5.56 Å². The molecule has 0 aliphatic carbocycles. The summed E-state index contributed by atoms with van der Waals surface area (Å²) in [6, 6.07) is 0. The molecular weight excluding hydrogens is 266 g/mol. The smallest absolute Gasteiger partial charge is 0.361 e. The van der Waals surface area contributed by atoms with Crippen molar-refractivity contribution in [2.45, 2.75) is 41.5 Å². The maximum absolute atomic E-state index is 12.0. The van der Waals surface area contributed by atoms with E-state index in [-0.39, 0.29) is 5.69 Å². The van der Waals surface area contributed by atoms with E-state index in [1.165, 1.54) is 16.7 Å². The van der Waals surface area contributed by atoms with E-state index < -0.39 is 5.97 Å². The molecule has 0 spiro atoms. The van der Waals surface area contributed by atoms with Crippen LogP contribution in [0.5, 0.6) is 0 Å². The van der Waals surface area contributed by atoms with Gasteiger partial charge in [0.2, 0.25) is 0 Å². The molecule has 0 fully saturated rings. The van der Waals surface area contributed by atoms with Crippen molar-refractivity contribution in [3.05, 3.63) is 33.5 Å². The van der Waals surface area contributed by atoms with Crippen LogP contribution in [0.25, 0.3) is 11.3 Å². The average Bonchev–Trinajstić information content (AvgIpc) is 2.93. The lowest BCUT2D eigenvalue weighted by molar-refractivity contribution is 0.0520. The molecule has 0 atom stereocenters. The fourth-order valence-electron chi connectivity index (χ4n) is 2.60. The van der Waals surface area contributed by atoms with Gasteiger partial charge in [0.05, 0.1) is 6.61 Å². The maximum Gasteiger partial charge on any atom is 0.361 e. The van der Waals surface area contributed by atoms with Crippen LogP contribution in [0.15, 0.2) is 0 Å². The number of ether oxygens (including phenoxy) is 1. The lowest BCUT2D eigenvalue weighted by Gasteiger charge is -2.17. The van der Waals surface area contributed by atoms with E-state index in [1.54, 1.807) is 6.92 Å². The summed E-state index contributed by atoms with van der Waals surface area (Å²) in [5.74, 6) is -0.448. The Morgan fingerprint density at radius 2 is 1.48 bits per heavy atom. The van der Waals surface area contributed by atoms with Crippen molar-refractivity contribution in [1.29, 1.82) is 0 Å². The second-order valence-electron chi connectivity index (χ2n) is 5.24. The molecule has 1 heterocycles. The predicted molar refractivity (Wildman–Crippen MR) is 81.5 cm³/mol. The zero-order valence-corrected chi connectivity index (χ0v) is 13.4. The van der Waals surface area contributed by atoms with Crippen LogP contribution < -0.4 is 0 Å². The van der Waals surface area contributed by atoms with Crippen molar-refractivity contribution >= 4 is 5.97 Å². The Morgan fingerprint density at radius 1 is 0.952 bits per heavy atom. The van der Waals surface area contributed by atoms with Gasteiger partial charge in [-0.25, -0.2) is 4.79 Å². The summed E-state index contributed by atoms with van der Waals surface area (Å²) >= 11 is 0. The lowest BCUT2D eigenvalue weighted by Crippen LogP contribution is -2.08. The first-order valence-corrected chi connectivity index (χ1v) is 7.05. The number of H-pyrrole nitrogens is 1. The predicted octanol–water partition coefficient (Wildman–Crippen LogP) is 3.19. The minimum atomic E-state index is -0.448. The van der Waals surface area contributed by atoms with Gasteiger partial charge in [-0.05, 0) is 69.4 Å². The minimum Gasteiger partial charge on any atom is -0.461 e. The highest BCUT2D eigenvalue weighted by atomic mass is 16.5.